The Bertz CT molecular complexity index is 541. The maximum atomic E-state index is 11.7. The van der Waals surface area contributed by atoms with E-state index in [9.17, 15) is 4.79 Å². The number of rotatable bonds is 6. The van der Waals surface area contributed by atoms with Gasteiger partial charge in [0, 0.05) is 37.6 Å². The molecule has 2 aromatic heterocycles. The van der Waals surface area contributed by atoms with Crippen molar-refractivity contribution < 1.29 is 9.53 Å². The molecule has 2 heterocycles. The van der Waals surface area contributed by atoms with Gasteiger partial charge in [0.25, 0.3) is 0 Å². The number of amides is 1. The average molecular weight is 271 g/mol. The molecule has 0 saturated heterocycles. The molecule has 1 N–H and O–H groups in total. The van der Waals surface area contributed by atoms with Crippen molar-refractivity contribution in [3.63, 3.8) is 0 Å². The van der Waals surface area contributed by atoms with Crippen molar-refractivity contribution in [2.75, 3.05) is 7.11 Å². The van der Waals surface area contributed by atoms with Gasteiger partial charge in [-0.15, -0.1) is 0 Å². The lowest BCUT2D eigenvalue weighted by atomic mass is 10.1. The third-order valence-corrected chi connectivity index (χ3v) is 2.86. The average Bonchev–Trinajstić information content (AvgIpc) is 2.52. The quantitative estimate of drug-likeness (QED) is 0.869. The van der Waals surface area contributed by atoms with Gasteiger partial charge in [-0.2, -0.15) is 0 Å². The smallest absolute Gasteiger partial charge is 0.220 e. The van der Waals surface area contributed by atoms with Crippen LogP contribution in [0, 0.1) is 0 Å². The number of pyridine rings is 2. The van der Waals surface area contributed by atoms with Crippen LogP contribution in [0.3, 0.4) is 0 Å². The third kappa shape index (κ3) is 4.35. The highest BCUT2D eigenvalue weighted by Gasteiger charge is 2.03. The van der Waals surface area contributed by atoms with Crippen molar-refractivity contribution >= 4 is 5.91 Å². The molecule has 104 valence electrons. The zero-order valence-electron chi connectivity index (χ0n) is 11.4. The Labute approximate surface area is 118 Å². The molecule has 0 aromatic carbocycles. The van der Waals surface area contributed by atoms with Gasteiger partial charge in [0.15, 0.2) is 0 Å². The van der Waals surface area contributed by atoms with E-state index in [2.05, 4.69) is 15.3 Å². The molecule has 5 heteroatoms. The Morgan fingerprint density at radius 1 is 1.25 bits per heavy atom. The van der Waals surface area contributed by atoms with Crippen LogP contribution in [0.1, 0.15) is 17.5 Å². The lowest BCUT2D eigenvalue weighted by molar-refractivity contribution is -0.121. The molecule has 0 bridgehead atoms. The standard InChI is InChI=1S/C15H17N3O2/c1-20-15-7-5-13(11-18-15)10-17-14(19)6-4-12-3-2-8-16-9-12/h2-3,5,7-9,11H,4,6,10H2,1H3,(H,17,19). The summed E-state index contributed by atoms with van der Waals surface area (Å²) in [5, 5.41) is 2.87. The summed E-state index contributed by atoms with van der Waals surface area (Å²) in [6, 6.07) is 7.49. The van der Waals surface area contributed by atoms with E-state index < -0.39 is 0 Å². The van der Waals surface area contributed by atoms with E-state index in [1.54, 1.807) is 31.8 Å². The van der Waals surface area contributed by atoms with Crippen molar-refractivity contribution in [3.8, 4) is 5.88 Å². The van der Waals surface area contributed by atoms with Gasteiger partial charge < -0.3 is 10.1 Å². The van der Waals surface area contributed by atoms with Crippen LogP contribution in [-0.2, 0) is 17.8 Å². The van der Waals surface area contributed by atoms with Crippen molar-refractivity contribution in [1.82, 2.24) is 15.3 Å². The number of methoxy groups -OCH3 is 1. The van der Waals surface area contributed by atoms with E-state index in [1.807, 2.05) is 18.2 Å². The highest BCUT2D eigenvalue weighted by molar-refractivity contribution is 5.76. The second-order valence-electron chi connectivity index (χ2n) is 4.35. The first-order valence-corrected chi connectivity index (χ1v) is 6.42. The first-order valence-electron chi connectivity index (χ1n) is 6.42. The van der Waals surface area contributed by atoms with Gasteiger partial charge in [0.1, 0.15) is 0 Å². The summed E-state index contributed by atoms with van der Waals surface area (Å²) in [7, 11) is 1.57. The Balaban J connectivity index is 1.74. The number of nitrogens with zero attached hydrogens (tertiary/aromatic N) is 2. The fourth-order valence-electron chi connectivity index (χ4n) is 1.73. The predicted molar refractivity (Wildman–Crippen MR) is 75.2 cm³/mol. The number of aromatic nitrogens is 2. The van der Waals surface area contributed by atoms with E-state index in [0.29, 0.717) is 25.3 Å². The zero-order chi connectivity index (χ0) is 14.2. The van der Waals surface area contributed by atoms with Gasteiger partial charge in [-0.3, -0.25) is 9.78 Å². The summed E-state index contributed by atoms with van der Waals surface area (Å²) in [4.78, 5) is 19.8. The molecule has 0 aliphatic rings. The molecule has 0 aliphatic heterocycles. The minimum atomic E-state index is 0.0182. The van der Waals surface area contributed by atoms with E-state index in [4.69, 9.17) is 4.74 Å². The number of carbonyl (C=O) groups excluding carboxylic acids is 1. The summed E-state index contributed by atoms with van der Waals surface area (Å²) in [6.07, 6.45) is 6.34. The molecule has 20 heavy (non-hydrogen) atoms. The normalized spacial score (nSPS) is 10.1. The van der Waals surface area contributed by atoms with Gasteiger partial charge in [-0.1, -0.05) is 12.1 Å². The molecule has 2 aromatic rings. The van der Waals surface area contributed by atoms with Gasteiger partial charge in [0.05, 0.1) is 7.11 Å². The van der Waals surface area contributed by atoms with E-state index in [1.165, 1.54) is 0 Å². The van der Waals surface area contributed by atoms with Crippen LogP contribution in [0.2, 0.25) is 0 Å². The topological polar surface area (TPSA) is 64.1 Å². The number of hydrogen-bond donors (Lipinski definition) is 1. The van der Waals surface area contributed by atoms with Crippen LogP contribution >= 0.6 is 0 Å². The van der Waals surface area contributed by atoms with Crippen molar-refractivity contribution in [2.24, 2.45) is 0 Å². The Hall–Kier alpha value is -2.43. The predicted octanol–water partition coefficient (Wildman–Crippen LogP) is 1.73. The summed E-state index contributed by atoms with van der Waals surface area (Å²) in [5.74, 6) is 0.585. The fraction of sp³-hybridized carbons (Fsp3) is 0.267. The van der Waals surface area contributed by atoms with E-state index in [-0.39, 0.29) is 5.91 Å². The van der Waals surface area contributed by atoms with Crippen LogP contribution in [0.15, 0.2) is 42.9 Å². The van der Waals surface area contributed by atoms with Crippen molar-refractivity contribution in [1.29, 1.82) is 0 Å². The van der Waals surface area contributed by atoms with Crippen LogP contribution in [-0.4, -0.2) is 23.0 Å². The van der Waals surface area contributed by atoms with Crippen LogP contribution in [0.5, 0.6) is 5.88 Å². The number of carbonyl (C=O) groups is 1. The fourth-order valence-corrected chi connectivity index (χ4v) is 1.73. The molecular formula is C15H17N3O2. The molecule has 0 radical (unpaired) electrons. The monoisotopic (exact) mass is 271 g/mol. The molecular weight excluding hydrogens is 254 g/mol. The van der Waals surface area contributed by atoms with Gasteiger partial charge in [0.2, 0.25) is 11.8 Å². The Morgan fingerprint density at radius 2 is 2.15 bits per heavy atom. The van der Waals surface area contributed by atoms with Gasteiger partial charge in [-0.25, -0.2) is 4.98 Å². The minimum Gasteiger partial charge on any atom is -0.481 e. The zero-order valence-corrected chi connectivity index (χ0v) is 11.4. The van der Waals surface area contributed by atoms with Crippen LogP contribution in [0.4, 0.5) is 0 Å². The van der Waals surface area contributed by atoms with Gasteiger partial charge >= 0.3 is 0 Å². The maximum Gasteiger partial charge on any atom is 0.220 e. The minimum absolute atomic E-state index is 0.0182. The van der Waals surface area contributed by atoms with Crippen LogP contribution < -0.4 is 10.1 Å². The van der Waals surface area contributed by atoms with E-state index in [0.717, 1.165) is 11.1 Å². The number of hydrogen-bond acceptors (Lipinski definition) is 4. The first-order chi connectivity index (χ1) is 9.78. The summed E-state index contributed by atoms with van der Waals surface area (Å²) in [6.45, 7) is 0.475. The van der Waals surface area contributed by atoms with Crippen molar-refractivity contribution in [2.45, 2.75) is 19.4 Å². The SMILES string of the molecule is COc1ccc(CNC(=O)CCc2cccnc2)cn1. The molecule has 0 fully saturated rings. The largest absolute Gasteiger partial charge is 0.481 e. The summed E-state index contributed by atoms with van der Waals surface area (Å²) < 4.78 is 4.98. The van der Waals surface area contributed by atoms with E-state index >= 15 is 0 Å². The highest BCUT2D eigenvalue weighted by Crippen LogP contribution is 2.06. The lowest BCUT2D eigenvalue weighted by Gasteiger charge is -2.06. The maximum absolute atomic E-state index is 11.7. The first kappa shape index (κ1) is 14.0. The van der Waals surface area contributed by atoms with Gasteiger partial charge in [-0.05, 0) is 23.6 Å². The third-order valence-electron chi connectivity index (χ3n) is 2.86. The molecule has 0 unspecified atom stereocenters. The second-order valence-corrected chi connectivity index (χ2v) is 4.35. The molecule has 0 aliphatic carbocycles. The molecule has 2 rings (SSSR count). The summed E-state index contributed by atoms with van der Waals surface area (Å²) in [5.41, 5.74) is 2.01. The highest BCUT2D eigenvalue weighted by atomic mass is 16.5. The number of ether oxygens (including phenoxy) is 1. The number of nitrogens with one attached hydrogen (secondary N) is 1. The molecule has 0 saturated carbocycles. The van der Waals surface area contributed by atoms with Crippen molar-refractivity contribution in [3.05, 3.63) is 54.0 Å². The van der Waals surface area contributed by atoms with Crippen LogP contribution in [0.25, 0.3) is 0 Å². The second kappa shape index (κ2) is 7.23. The molecule has 5 nitrogen and oxygen atoms in total. The Morgan fingerprint density at radius 3 is 2.80 bits per heavy atom. The Kier molecular flexibility index (Phi) is 5.06. The number of aryl methyl sites for hydroxylation is 1. The lowest BCUT2D eigenvalue weighted by Crippen LogP contribution is -2.23. The molecule has 0 atom stereocenters. The molecule has 1 amide bonds. The molecule has 0 spiro atoms. The summed E-state index contributed by atoms with van der Waals surface area (Å²) >= 11 is 0.